The number of halogens is 1. The number of carbonyl (C=O) groups is 2. The lowest BCUT2D eigenvalue weighted by Crippen LogP contribution is -2.33. The van der Waals surface area contributed by atoms with E-state index < -0.39 is 5.91 Å². The molecule has 4 aromatic rings. The van der Waals surface area contributed by atoms with Crippen LogP contribution in [-0.2, 0) is 30.8 Å². The maximum absolute atomic E-state index is 14.2. The number of fused-ring (bicyclic) bond motifs is 1. The average molecular weight is 634 g/mol. The van der Waals surface area contributed by atoms with Crippen LogP contribution in [0.15, 0.2) is 53.1 Å². The molecule has 2 aromatic carbocycles. The Hall–Kier alpha value is -3.76. The summed E-state index contributed by atoms with van der Waals surface area (Å²) < 4.78 is 8.51. The maximum atomic E-state index is 14.2. The number of rotatable bonds is 10. The zero-order chi connectivity index (χ0) is 29.8. The number of aromatic nitrogens is 3. The molecule has 2 aromatic heterocycles. The van der Waals surface area contributed by atoms with Crippen LogP contribution in [0.25, 0.3) is 11.0 Å². The Labute approximate surface area is 254 Å². The Morgan fingerprint density at radius 3 is 2.57 bits per heavy atom. The lowest BCUT2D eigenvalue weighted by molar-refractivity contribution is 0.0729. The first-order chi connectivity index (χ1) is 20.3. The van der Waals surface area contributed by atoms with Crippen molar-refractivity contribution >= 4 is 44.5 Å². The molecule has 42 heavy (non-hydrogen) atoms. The van der Waals surface area contributed by atoms with Crippen molar-refractivity contribution in [2.24, 2.45) is 5.73 Å². The molecular formula is C32H37BrN6O3. The Bertz CT molecular complexity index is 1610. The van der Waals surface area contributed by atoms with E-state index >= 15 is 0 Å². The van der Waals surface area contributed by atoms with Gasteiger partial charge in [0.1, 0.15) is 0 Å². The Kier molecular flexibility index (Phi) is 9.23. The molecular weight excluding hydrogens is 596 g/mol. The van der Waals surface area contributed by atoms with E-state index in [1.807, 2.05) is 40.9 Å². The van der Waals surface area contributed by atoms with Gasteiger partial charge in [-0.05, 0) is 68.5 Å². The number of pyridine rings is 1. The molecule has 1 saturated heterocycles. The van der Waals surface area contributed by atoms with Gasteiger partial charge in [-0.15, -0.1) is 0 Å². The highest BCUT2D eigenvalue weighted by molar-refractivity contribution is 9.10. The molecule has 0 unspecified atom stereocenters. The molecule has 1 fully saturated rings. The predicted octanol–water partition coefficient (Wildman–Crippen LogP) is 5.62. The molecule has 5 rings (SSSR count). The minimum atomic E-state index is -0.572. The summed E-state index contributed by atoms with van der Waals surface area (Å²) in [5.74, 6) is -0.768. The predicted molar refractivity (Wildman–Crippen MR) is 167 cm³/mol. The number of amides is 2. The quantitative estimate of drug-likeness (QED) is 0.235. The number of nitrogens with two attached hydrogens (primary N) is 1. The SMILES string of the molecule is CCc1nc2c(cnn2CC)c(NC2CCOCC2)c1CN(Cc1ccc(C)c(Br)c1)C(=O)c1cccc(C(N)=O)c1. The fourth-order valence-electron chi connectivity index (χ4n) is 5.41. The van der Waals surface area contributed by atoms with Gasteiger partial charge in [0.15, 0.2) is 5.65 Å². The number of hydrogen-bond donors (Lipinski definition) is 2. The smallest absolute Gasteiger partial charge is 0.254 e. The van der Waals surface area contributed by atoms with Crippen molar-refractivity contribution < 1.29 is 14.3 Å². The molecule has 10 heteroatoms. The van der Waals surface area contributed by atoms with Crippen LogP contribution in [0.5, 0.6) is 0 Å². The molecule has 1 aliphatic rings. The van der Waals surface area contributed by atoms with Gasteiger partial charge >= 0.3 is 0 Å². The number of ether oxygens (including phenoxy) is 1. The third-order valence-corrected chi connectivity index (χ3v) is 8.67. The van der Waals surface area contributed by atoms with E-state index in [1.165, 1.54) is 0 Å². The van der Waals surface area contributed by atoms with Crippen molar-refractivity contribution in [2.75, 3.05) is 18.5 Å². The summed E-state index contributed by atoms with van der Waals surface area (Å²) in [7, 11) is 0. The normalized spacial score (nSPS) is 13.8. The van der Waals surface area contributed by atoms with E-state index in [2.05, 4.69) is 40.2 Å². The van der Waals surface area contributed by atoms with Crippen LogP contribution in [0.1, 0.15) is 69.8 Å². The lowest BCUT2D eigenvalue weighted by Gasteiger charge is -2.29. The Morgan fingerprint density at radius 2 is 1.88 bits per heavy atom. The molecule has 220 valence electrons. The largest absolute Gasteiger partial charge is 0.381 e. The van der Waals surface area contributed by atoms with Crippen LogP contribution in [0.4, 0.5) is 5.69 Å². The van der Waals surface area contributed by atoms with Crippen molar-refractivity contribution in [2.45, 2.75) is 65.7 Å². The summed E-state index contributed by atoms with van der Waals surface area (Å²) >= 11 is 3.64. The van der Waals surface area contributed by atoms with Crippen LogP contribution in [0, 0.1) is 6.92 Å². The van der Waals surface area contributed by atoms with Crippen molar-refractivity contribution in [3.05, 3.63) is 86.6 Å². The first-order valence-corrected chi connectivity index (χ1v) is 15.2. The number of benzene rings is 2. The van der Waals surface area contributed by atoms with Gasteiger partial charge in [0.25, 0.3) is 5.91 Å². The third kappa shape index (κ3) is 6.34. The molecule has 0 atom stereocenters. The van der Waals surface area contributed by atoms with E-state index in [1.54, 1.807) is 24.3 Å². The fraction of sp³-hybridized carbons (Fsp3) is 0.375. The van der Waals surface area contributed by atoms with E-state index in [-0.39, 0.29) is 11.9 Å². The molecule has 9 nitrogen and oxygen atoms in total. The van der Waals surface area contributed by atoms with Crippen molar-refractivity contribution in [3.63, 3.8) is 0 Å². The van der Waals surface area contributed by atoms with Gasteiger partial charge in [0.2, 0.25) is 5.91 Å². The molecule has 1 aliphatic heterocycles. The third-order valence-electron chi connectivity index (χ3n) is 7.82. The Balaban J connectivity index is 1.62. The van der Waals surface area contributed by atoms with E-state index in [4.69, 9.17) is 15.5 Å². The maximum Gasteiger partial charge on any atom is 0.254 e. The van der Waals surface area contributed by atoms with Gasteiger partial charge in [-0.2, -0.15) is 5.10 Å². The molecule has 0 radical (unpaired) electrons. The second-order valence-electron chi connectivity index (χ2n) is 10.7. The number of hydrogen-bond acceptors (Lipinski definition) is 6. The van der Waals surface area contributed by atoms with E-state index in [9.17, 15) is 9.59 Å². The molecule has 3 heterocycles. The highest BCUT2D eigenvalue weighted by atomic mass is 79.9. The van der Waals surface area contributed by atoms with Gasteiger partial charge < -0.3 is 20.7 Å². The van der Waals surface area contributed by atoms with Gasteiger partial charge in [-0.3, -0.25) is 9.59 Å². The van der Waals surface area contributed by atoms with Gasteiger partial charge in [0, 0.05) is 59.2 Å². The molecule has 2 amide bonds. The van der Waals surface area contributed by atoms with Crippen LogP contribution >= 0.6 is 15.9 Å². The first kappa shape index (κ1) is 29.7. The monoisotopic (exact) mass is 632 g/mol. The number of primary amides is 1. The van der Waals surface area contributed by atoms with Gasteiger partial charge in [-0.25, -0.2) is 9.67 Å². The number of carbonyl (C=O) groups excluding carboxylic acids is 2. The molecule has 0 bridgehead atoms. The molecule has 0 saturated carbocycles. The highest BCUT2D eigenvalue weighted by Gasteiger charge is 2.26. The van der Waals surface area contributed by atoms with E-state index in [0.29, 0.717) is 50.4 Å². The van der Waals surface area contributed by atoms with Crippen molar-refractivity contribution in [1.82, 2.24) is 19.7 Å². The lowest BCUT2D eigenvalue weighted by atomic mass is 10.0. The van der Waals surface area contributed by atoms with Crippen LogP contribution < -0.4 is 11.1 Å². The minimum absolute atomic E-state index is 0.196. The number of nitrogens with zero attached hydrogens (tertiary/aromatic N) is 4. The topological polar surface area (TPSA) is 115 Å². The molecule has 3 N–H and O–H groups in total. The summed E-state index contributed by atoms with van der Waals surface area (Å²) in [6.45, 7) is 8.98. The van der Waals surface area contributed by atoms with Crippen molar-refractivity contribution in [3.8, 4) is 0 Å². The summed E-state index contributed by atoms with van der Waals surface area (Å²) in [5.41, 5.74) is 12.0. The van der Waals surface area contributed by atoms with Crippen LogP contribution in [0.2, 0.25) is 0 Å². The molecule has 0 spiro atoms. The Morgan fingerprint density at radius 1 is 1.12 bits per heavy atom. The zero-order valence-corrected chi connectivity index (χ0v) is 25.9. The number of nitrogens with one attached hydrogen (secondary N) is 1. The molecule has 0 aliphatic carbocycles. The van der Waals surface area contributed by atoms with Gasteiger partial charge in [0.05, 0.1) is 23.8 Å². The highest BCUT2D eigenvalue weighted by Crippen LogP contribution is 2.33. The minimum Gasteiger partial charge on any atom is -0.381 e. The van der Waals surface area contributed by atoms with Gasteiger partial charge in [-0.1, -0.05) is 41.1 Å². The number of anilines is 1. The summed E-state index contributed by atoms with van der Waals surface area (Å²) in [6.07, 6.45) is 4.35. The summed E-state index contributed by atoms with van der Waals surface area (Å²) in [5, 5.41) is 9.37. The average Bonchev–Trinajstić information content (AvgIpc) is 3.42. The second kappa shape index (κ2) is 13.0. The first-order valence-electron chi connectivity index (χ1n) is 14.4. The number of aryl methyl sites for hydroxylation is 3. The van der Waals surface area contributed by atoms with Crippen LogP contribution in [0.3, 0.4) is 0 Å². The van der Waals surface area contributed by atoms with Crippen molar-refractivity contribution in [1.29, 1.82) is 0 Å². The van der Waals surface area contributed by atoms with Crippen LogP contribution in [-0.4, -0.2) is 50.7 Å². The van der Waals surface area contributed by atoms with E-state index in [0.717, 1.165) is 56.4 Å². The standard InChI is InChI=1S/C32H37BrN6O3/c1-4-28-26(29(36-24-11-13-42-14-12-24)25-17-35-39(5-2)31(25)37-28)19-38(18-21-10-9-20(3)27(33)15-21)32(41)23-8-6-7-22(16-23)30(34)40/h6-10,15-17,24H,4-5,11-14,18-19H2,1-3H3,(H2,34,40)(H,36,37). The summed E-state index contributed by atoms with van der Waals surface area (Å²) in [6, 6.07) is 13.0. The summed E-state index contributed by atoms with van der Waals surface area (Å²) in [4.78, 5) is 33.0. The second-order valence-corrected chi connectivity index (χ2v) is 11.5. The fourth-order valence-corrected chi connectivity index (χ4v) is 5.84. The zero-order valence-electron chi connectivity index (χ0n) is 24.3.